The van der Waals surface area contributed by atoms with Gasteiger partial charge in [0.25, 0.3) is 0 Å². The highest BCUT2D eigenvalue weighted by Gasteiger charge is 2.34. The summed E-state index contributed by atoms with van der Waals surface area (Å²) in [6, 6.07) is 8.11. The Kier molecular flexibility index (Phi) is 4.67. The van der Waals surface area contributed by atoms with Crippen LogP contribution in [-0.4, -0.2) is 47.5 Å². The molecule has 1 saturated heterocycles. The fraction of sp³-hybridized carbons (Fsp3) is 0.316. The minimum Gasteiger partial charge on any atom is -0.347 e. The molecule has 134 valence electrons. The Bertz CT molecular complexity index is 954. The molecular formula is C19H19BrN4OS. The summed E-state index contributed by atoms with van der Waals surface area (Å²) in [6.07, 6.45) is 3.46. The average molecular weight is 431 g/mol. The number of carbonyl (C=O) groups excluding carboxylic acids is 1. The van der Waals surface area contributed by atoms with Gasteiger partial charge in [0.05, 0.1) is 5.39 Å². The number of thiophene rings is 1. The second kappa shape index (κ2) is 6.96. The summed E-state index contributed by atoms with van der Waals surface area (Å²) < 4.78 is 1.05. The van der Waals surface area contributed by atoms with E-state index < -0.39 is 0 Å². The van der Waals surface area contributed by atoms with Crippen LogP contribution in [0, 0.1) is 0 Å². The summed E-state index contributed by atoms with van der Waals surface area (Å²) in [5.74, 6) is 1.00. The van der Waals surface area contributed by atoms with Crippen molar-refractivity contribution < 1.29 is 4.79 Å². The Morgan fingerprint density at radius 1 is 1.27 bits per heavy atom. The number of carbonyl (C=O) groups is 1. The number of anilines is 1. The lowest BCUT2D eigenvalue weighted by Crippen LogP contribution is -2.43. The maximum Gasteiger partial charge on any atom is 0.244 e. The molecule has 1 aromatic carbocycles. The molecule has 1 fully saturated rings. The largest absolute Gasteiger partial charge is 0.347 e. The monoisotopic (exact) mass is 430 g/mol. The molecular weight excluding hydrogens is 412 g/mol. The lowest BCUT2D eigenvalue weighted by Gasteiger charge is -2.27. The summed E-state index contributed by atoms with van der Waals surface area (Å²) in [5, 5.41) is 3.17. The van der Waals surface area contributed by atoms with Crippen LogP contribution in [0.25, 0.3) is 21.3 Å². The highest BCUT2D eigenvalue weighted by Crippen LogP contribution is 2.40. The highest BCUT2D eigenvalue weighted by atomic mass is 79.9. The smallest absolute Gasteiger partial charge is 0.244 e. The average Bonchev–Trinajstić information content (AvgIpc) is 3.28. The van der Waals surface area contributed by atoms with Crippen molar-refractivity contribution in [3.8, 4) is 11.1 Å². The highest BCUT2D eigenvalue weighted by molar-refractivity contribution is 9.10. The van der Waals surface area contributed by atoms with Gasteiger partial charge in [0, 0.05) is 36.1 Å². The van der Waals surface area contributed by atoms with E-state index in [2.05, 4.69) is 48.3 Å². The fourth-order valence-electron chi connectivity index (χ4n) is 3.49. The van der Waals surface area contributed by atoms with Crippen molar-refractivity contribution in [3.63, 3.8) is 0 Å². The zero-order valence-corrected chi connectivity index (χ0v) is 17.0. The maximum absolute atomic E-state index is 12.6. The number of rotatable bonds is 3. The van der Waals surface area contributed by atoms with Gasteiger partial charge in [0.1, 0.15) is 23.0 Å². The Hall–Kier alpha value is -1.99. The van der Waals surface area contributed by atoms with Crippen molar-refractivity contribution in [1.82, 2.24) is 14.9 Å². The third kappa shape index (κ3) is 2.99. The van der Waals surface area contributed by atoms with Crippen LogP contribution in [0.4, 0.5) is 5.82 Å². The Morgan fingerprint density at radius 2 is 2.04 bits per heavy atom. The van der Waals surface area contributed by atoms with Gasteiger partial charge >= 0.3 is 0 Å². The van der Waals surface area contributed by atoms with E-state index in [1.165, 1.54) is 0 Å². The van der Waals surface area contributed by atoms with Crippen LogP contribution in [-0.2, 0) is 4.79 Å². The van der Waals surface area contributed by atoms with Crippen LogP contribution in [0.15, 0.2) is 40.4 Å². The first-order valence-corrected chi connectivity index (χ1v) is 10.2. The van der Waals surface area contributed by atoms with Crippen LogP contribution in [0.3, 0.4) is 0 Å². The van der Waals surface area contributed by atoms with Crippen molar-refractivity contribution >= 4 is 49.2 Å². The van der Waals surface area contributed by atoms with Crippen LogP contribution in [0.5, 0.6) is 0 Å². The van der Waals surface area contributed by atoms with Gasteiger partial charge in [-0.05, 0) is 30.5 Å². The van der Waals surface area contributed by atoms with Crippen molar-refractivity contribution in [2.75, 3.05) is 25.5 Å². The van der Waals surface area contributed by atoms with Gasteiger partial charge in [-0.2, -0.15) is 0 Å². The lowest BCUT2D eigenvalue weighted by atomic mass is 10.1. The molecule has 0 radical (unpaired) electrons. The number of aromatic nitrogens is 2. The summed E-state index contributed by atoms with van der Waals surface area (Å²) in [5.41, 5.74) is 2.25. The van der Waals surface area contributed by atoms with E-state index in [4.69, 9.17) is 0 Å². The van der Waals surface area contributed by atoms with Gasteiger partial charge in [-0.25, -0.2) is 9.97 Å². The molecule has 3 aromatic rings. The second-order valence-corrected chi connectivity index (χ2v) is 8.39. The van der Waals surface area contributed by atoms with E-state index in [0.29, 0.717) is 0 Å². The summed E-state index contributed by atoms with van der Waals surface area (Å²) >= 11 is 5.11. The first kappa shape index (κ1) is 17.4. The van der Waals surface area contributed by atoms with Gasteiger partial charge in [-0.3, -0.25) is 4.79 Å². The molecule has 4 rings (SSSR count). The molecule has 0 bridgehead atoms. The first-order chi connectivity index (χ1) is 12.6. The second-order valence-electron chi connectivity index (χ2n) is 6.62. The third-order valence-corrected chi connectivity index (χ3v) is 6.17. The molecule has 1 amide bonds. The first-order valence-electron chi connectivity index (χ1n) is 8.52. The van der Waals surface area contributed by atoms with Gasteiger partial charge in [-0.1, -0.05) is 28.1 Å². The minimum atomic E-state index is -0.152. The molecule has 5 nitrogen and oxygen atoms in total. The zero-order valence-electron chi connectivity index (χ0n) is 14.6. The number of halogens is 1. The van der Waals surface area contributed by atoms with Crippen molar-refractivity contribution in [2.45, 2.75) is 18.9 Å². The van der Waals surface area contributed by atoms with E-state index >= 15 is 0 Å². The molecule has 1 aliphatic heterocycles. The summed E-state index contributed by atoms with van der Waals surface area (Å²) in [7, 11) is 3.62. The maximum atomic E-state index is 12.6. The molecule has 1 aliphatic rings. The predicted molar refractivity (Wildman–Crippen MR) is 110 cm³/mol. The van der Waals surface area contributed by atoms with Crippen LogP contribution in [0.1, 0.15) is 12.8 Å². The Morgan fingerprint density at radius 3 is 2.77 bits per heavy atom. The zero-order chi connectivity index (χ0) is 18.3. The standard InChI is InChI=1S/C19H19BrN4OS/c1-23(2)19(25)15-4-3-9-24(15)17-16-14(10-26-18(16)22-11-21-17)12-5-7-13(20)8-6-12/h5-8,10-11,15H,3-4,9H2,1-2H3. The van der Waals surface area contributed by atoms with Crippen LogP contribution in [0.2, 0.25) is 0 Å². The molecule has 0 N–H and O–H groups in total. The van der Waals surface area contributed by atoms with E-state index in [0.717, 1.165) is 51.0 Å². The number of nitrogens with zero attached hydrogens (tertiary/aromatic N) is 4. The van der Waals surface area contributed by atoms with Crippen molar-refractivity contribution in [1.29, 1.82) is 0 Å². The van der Waals surface area contributed by atoms with E-state index in [9.17, 15) is 4.79 Å². The molecule has 1 unspecified atom stereocenters. The summed E-state index contributed by atoms with van der Waals surface area (Å²) in [4.78, 5) is 26.5. The van der Waals surface area contributed by atoms with E-state index in [1.807, 2.05) is 26.2 Å². The molecule has 1 atom stereocenters. The van der Waals surface area contributed by atoms with Crippen molar-refractivity contribution in [2.24, 2.45) is 0 Å². The number of benzene rings is 1. The molecule has 26 heavy (non-hydrogen) atoms. The van der Waals surface area contributed by atoms with Crippen LogP contribution >= 0.6 is 27.3 Å². The molecule has 7 heteroatoms. The number of fused-ring (bicyclic) bond motifs is 1. The number of likely N-dealkylation sites (N-methyl/N-ethyl adjacent to an activating group) is 1. The van der Waals surface area contributed by atoms with Crippen LogP contribution < -0.4 is 4.90 Å². The quantitative estimate of drug-likeness (QED) is 0.625. The Balaban J connectivity index is 1.84. The molecule has 0 saturated carbocycles. The van der Waals surface area contributed by atoms with Gasteiger partial charge in [0.15, 0.2) is 0 Å². The van der Waals surface area contributed by atoms with Gasteiger partial charge in [0.2, 0.25) is 5.91 Å². The molecule has 2 aromatic heterocycles. The SMILES string of the molecule is CN(C)C(=O)C1CCCN1c1ncnc2scc(-c3ccc(Br)cc3)c12. The minimum absolute atomic E-state index is 0.134. The van der Waals surface area contributed by atoms with E-state index in [1.54, 1.807) is 22.6 Å². The topological polar surface area (TPSA) is 49.3 Å². The van der Waals surface area contributed by atoms with Gasteiger partial charge in [-0.15, -0.1) is 11.3 Å². The van der Waals surface area contributed by atoms with Crippen molar-refractivity contribution in [3.05, 3.63) is 40.4 Å². The fourth-order valence-corrected chi connectivity index (χ4v) is 4.67. The molecule has 3 heterocycles. The third-order valence-electron chi connectivity index (χ3n) is 4.76. The number of hydrogen-bond donors (Lipinski definition) is 0. The number of hydrogen-bond acceptors (Lipinski definition) is 5. The summed E-state index contributed by atoms with van der Waals surface area (Å²) in [6.45, 7) is 0.839. The van der Waals surface area contributed by atoms with Gasteiger partial charge < -0.3 is 9.80 Å². The number of amides is 1. The predicted octanol–water partition coefficient (Wildman–Crippen LogP) is 4.18. The normalized spacial score (nSPS) is 17.0. The molecule has 0 aliphatic carbocycles. The Labute approximate surface area is 164 Å². The molecule has 0 spiro atoms. The lowest BCUT2D eigenvalue weighted by molar-refractivity contribution is -0.129. The van der Waals surface area contributed by atoms with E-state index in [-0.39, 0.29) is 11.9 Å².